The zero-order chi connectivity index (χ0) is 22.5. The Hall–Kier alpha value is -2.37. The van der Waals surface area contributed by atoms with E-state index < -0.39 is 18.1 Å². The van der Waals surface area contributed by atoms with Crippen LogP contribution in [0.5, 0.6) is 0 Å². The van der Waals surface area contributed by atoms with Crippen molar-refractivity contribution < 1.29 is 19.1 Å². The van der Waals surface area contributed by atoms with Crippen molar-refractivity contribution in [2.45, 2.75) is 70.4 Å². The van der Waals surface area contributed by atoms with Gasteiger partial charge in [-0.2, -0.15) is 0 Å². The third-order valence-corrected chi connectivity index (χ3v) is 8.39. The predicted octanol–water partition coefficient (Wildman–Crippen LogP) is 3.79. The lowest BCUT2D eigenvalue weighted by Gasteiger charge is -2.56. The highest BCUT2D eigenvalue weighted by Crippen LogP contribution is 2.60. The Morgan fingerprint density at radius 2 is 1.62 bits per heavy atom. The monoisotopic (exact) mass is 438 g/mol. The standard InChI is InChI=1S/C26H34N2O4/c1-17(23(29)27(2)21-7-4-3-5-8-21)32-24(30)22-9-6-10-28(22)25(31)26-14-18-11-19(15-26)13-20(12-18)16-26/h3-5,7-8,17-20,22H,6,9-16H2,1-2H3/t17-,18?,19?,20?,22-,26?/m0/s1. The van der Waals surface area contributed by atoms with Gasteiger partial charge in [-0.3, -0.25) is 9.59 Å². The van der Waals surface area contributed by atoms with Gasteiger partial charge < -0.3 is 14.5 Å². The fourth-order valence-electron chi connectivity index (χ4n) is 7.29. The highest BCUT2D eigenvalue weighted by molar-refractivity contribution is 5.97. The molecule has 32 heavy (non-hydrogen) atoms. The third kappa shape index (κ3) is 3.71. The first-order valence-electron chi connectivity index (χ1n) is 12.2. The zero-order valence-electron chi connectivity index (χ0n) is 19.2. The van der Waals surface area contributed by atoms with Crippen LogP contribution in [0.1, 0.15) is 58.3 Å². The van der Waals surface area contributed by atoms with Gasteiger partial charge in [0.1, 0.15) is 6.04 Å². The summed E-state index contributed by atoms with van der Waals surface area (Å²) in [4.78, 5) is 43.0. The second-order valence-corrected chi connectivity index (χ2v) is 10.7. The van der Waals surface area contributed by atoms with Gasteiger partial charge in [-0.1, -0.05) is 18.2 Å². The van der Waals surface area contributed by atoms with E-state index in [-0.39, 0.29) is 17.2 Å². The predicted molar refractivity (Wildman–Crippen MR) is 121 cm³/mol. The number of para-hydroxylation sites is 1. The number of likely N-dealkylation sites (N-methyl/N-ethyl adjacent to an activating group) is 1. The SMILES string of the molecule is C[C@H](OC(=O)[C@@H]1CCCN1C(=O)C12CC3CC(CC(C3)C1)C2)C(=O)N(C)c1ccccc1. The number of hydrogen-bond acceptors (Lipinski definition) is 4. The Balaban J connectivity index is 1.25. The molecule has 4 bridgehead atoms. The summed E-state index contributed by atoms with van der Waals surface area (Å²) in [6.45, 7) is 2.23. The van der Waals surface area contributed by atoms with Gasteiger partial charge in [-0.05, 0) is 88.2 Å². The fraction of sp³-hybridized carbons (Fsp3) is 0.654. The minimum Gasteiger partial charge on any atom is -0.451 e. The molecule has 6 rings (SSSR count). The van der Waals surface area contributed by atoms with E-state index in [4.69, 9.17) is 4.74 Å². The molecular weight excluding hydrogens is 404 g/mol. The van der Waals surface area contributed by atoms with E-state index in [1.165, 1.54) is 24.2 Å². The number of rotatable bonds is 5. The van der Waals surface area contributed by atoms with E-state index >= 15 is 0 Å². The van der Waals surface area contributed by atoms with Crippen LogP contribution in [-0.2, 0) is 19.1 Å². The molecule has 5 fully saturated rings. The molecule has 0 unspecified atom stereocenters. The average Bonchev–Trinajstić information content (AvgIpc) is 3.27. The van der Waals surface area contributed by atoms with Crippen molar-refractivity contribution in [3.63, 3.8) is 0 Å². The highest BCUT2D eigenvalue weighted by Gasteiger charge is 2.57. The van der Waals surface area contributed by atoms with Gasteiger partial charge >= 0.3 is 5.97 Å². The number of esters is 1. The number of ether oxygens (including phenoxy) is 1. The smallest absolute Gasteiger partial charge is 0.329 e. The van der Waals surface area contributed by atoms with Crippen molar-refractivity contribution >= 4 is 23.5 Å². The normalized spacial score (nSPS) is 33.8. The lowest BCUT2D eigenvalue weighted by atomic mass is 9.49. The first-order valence-corrected chi connectivity index (χ1v) is 12.2. The summed E-state index contributed by atoms with van der Waals surface area (Å²) < 4.78 is 5.61. The molecule has 0 aromatic heterocycles. The molecule has 1 aliphatic heterocycles. The number of carbonyl (C=O) groups excluding carboxylic acids is 3. The van der Waals surface area contributed by atoms with E-state index in [0.29, 0.717) is 30.7 Å². The summed E-state index contributed by atoms with van der Waals surface area (Å²) in [7, 11) is 1.68. The zero-order valence-corrected chi connectivity index (χ0v) is 19.2. The maximum Gasteiger partial charge on any atom is 0.329 e. The number of anilines is 1. The molecule has 1 aromatic carbocycles. The molecule has 1 aromatic rings. The number of hydrogen-bond donors (Lipinski definition) is 0. The first-order chi connectivity index (χ1) is 15.4. The summed E-state index contributed by atoms with van der Waals surface area (Å²) in [6.07, 6.45) is 7.36. The van der Waals surface area contributed by atoms with Gasteiger partial charge in [-0.15, -0.1) is 0 Å². The summed E-state index contributed by atoms with van der Waals surface area (Å²) >= 11 is 0. The molecule has 1 heterocycles. The molecule has 6 heteroatoms. The van der Waals surface area contributed by atoms with Crippen molar-refractivity contribution in [2.24, 2.45) is 23.2 Å². The number of likely N-dealkylation sites (tertiary alicyclic amines) is 1. The second-order valence-electron chi connectivity index (χ2n) is 10.7. The molecule has 0 N–H and O–H groups in total. The quantitative estimate of drug-likeness (QED) is 0.656. The number of amides is 2. The van der Waals surface area contributed by atoms with Gasteiger partial charge in [0.05, 0.1) is 5.41 Å². The van der Waals surface area contributed by atoms with Crippen molar-refractivity contribution in [3.05, 3.63) is 30.3 Å². The Morgan fingerprint density at radius 1 is 1.03 bits per heavy atom. The molecule has 2 amide bonds. The van der Waals surface area contributed by atoms with Crippen LogP contribution in [0.4, 0.5) is 5.69 Å². The van der Waals surface area contributed by atoms with E-state index in [1.807, 2.05) is 30.3 Å². The van der Waals surface area contributed by atoms with Gasteiger partial charge in [-0.25, -0.2) is 4.79 Å². The van der Waals surface area contributed by atoms with E-state index in [1.54, 1.807) is 18.9 Å². The number of nitrogens with zero attached hydrogens (tertiary/aromatic N) is 2. The van der Waals surface area contributed by atoms with Gasteiger partial charge in [0.25, 0.3) is 5.91 Å². The fourth-order valence-corrected chi connectivity index (χ4v) is 7.29. The van der Waals surface area contributed by atoms with Crippen molar-refractivity contribution in [1.29, 1.82) is 0 Å². The Morgan fingerprint density at radius 3 is 2.22 bits per heavy atom. The lowest BCUT2D eigenvalue weighted by molar-refractivity contribution is -0.168. The van der Waals surface area contributed by atoms with Gasteiger partial charge in [0.15, 0.2) is 6.10 Å². The summed E-state index contributed by atoms with van der Waals surface area (Å²) in [5, 5.41) is 0. The van der Waals surface area contributed by atoms with Crippen LogP contribution >= 0.6 is 0 Å². The van der Waals surface area contributed by atoms with E-state index in [2.05, 4.69) is 0 Å². The molecular formula is C26H34N2O4. The topological polar surface area (TPSA) is 66.9 Å². The van der Waals surface area contributed by atoms with Gasteiger partial charge in [0, 0.05) is 19.3 Å². The third-order valence-electron chi connectivity index (χ3n) is 8.39. The largest absolute Gasteiger partial charge is 0.451 e. The summed E-state index contributed by atoms with van der Waals surface area (Å²) in [5.74, 6) is 1.51. The van der Waals surface area contributed by atoms with Crippen molar-refractivity contribution in [1.82, 2.24) is 4.90 Å². The van der Waals surface area contributed by atoms with Crippen LogP contribution in [0.3, 0.4) is 0 Å². The minimum absolute atomic E-state index is 0.177. The van der Waals surface area contributed by atoms with Crippen LogP contribution in [0.15, 0.2) is 30.3 Å². The molecule has 0 radical (unpaired) electrons. The van der Waals surface area contributed by atoms with Crippen molar-refractivity contribution in [3.8, 4) is 0 Å². The molecule has 0 spiro atoms. The number of carbonyl (C=O) groups is 3. The highest BCUT2D eigenvalue weighted by atomic mass is 16.5. The molecule has 5 aliphatic rings. The molecule has 6 nitrogen and oxygen atoms in total. The Labute approximate surface area is 190 Å². The first kappa shape index (κ1) is 21.5. The lowest BCUT2D eigenvalue weighted by Crippen LogP contribution is -2.56. The Kier molecular flexibility index (Phi) is 5.50. The van der Waals surface area contributed by atoms with Gasteiger partial charge in [0.2, 0.25) is 5.91 Å². The maximum absolute atomic E-state index is 13.8. The molecule has 172 valence electrons. The van der Waals surface area contributed by atoms with Crippen LogP contribution in [-0.4, -0.2) is 48.4 Å². The summed E-state index contributed by atoms with van der Waals surface area (Å²) in [6, 6.07) is 8.74. The number of benzene rings is 1. The molecule has 2 atom stereocenters. The Bertz CT molecular complexity index is 863. The minimum atomic E-state index is -0.898. The van der Waals surface area contributed by atoms with Crippen LogP contribution in [0.2, 0.25) is 0 Å². The molecule has 4 saturated carbocycles. The average molecular weight is 439 g/mol. The van der Waals surface area contributed by atoms with Crippen LogP contribution in [0.25, 0.3) is 0 Å². The van der Waals surface area contributed by atoms with Crippen LogP contribution < -0.4 is 4.90 Å². The van der Waals surface area contributed by atoms with Crippen molar-refractivity contribution in [2.75, 3.05) is 18.5 Å². The molecule has 1 saturated heterocycles. The van der Waals surface area contributed by atoms with Crippen LogP contribution in [0, 0.1) is 23.2 Å². The molecule has 4 aliphatic carbocycles. The summed E-state index contributed by atoms with van der Waals surface area (Å²) in [5.41, 5.74) is 0.493. The maximum atomic E-state index is 13.8. The second kappa shape index (κ2) is 8.20. The van der Waals surface area contributed by atoms with E-state index in [9.17, 15) is 14.4 Å². The van der Waals surface area contributed by atoms with E-state index in [0.717, 1.165) is 31.4 Å².